The normalized spacial score (nSPS) is 15.6. The van der Waals surface area contributed by atoms with Crippen LogP contribution in [0.4, 0.5) is 4.79 Å². The molecule has 0 radical (unpaired) electrons. The quantitative estimate of drug-likeness (QED) is 0.583. The van der Waals surface area contributed by atoms with Crippen molar-refractivity contribution >= 4 is 22.3 Å². The summed E-state index contributed by atoms with van der Waals surface area (Å²) in [5.41, 5.74) is 2.02. The van der Waals surface area contributed by atoms with E-state index >= 15 is 0 Å². The zero-order valence-electron chi connectivity index (χ0n) is 7.47. The van der Waals surface area contributed by atoms with Gasteiger partial charge in [0.1, 0.15) is 6.67 Å². The molecule has 0 fully saturated rings. The number of nitrogens with zero attached hydrogens (tertiary/aromatic N) is 2. The van der Waals surface area contributed by atoms with Crippen molar-refractivity contribution in [3.05, 3.63) is 12.3 Å². The number of urea groups is 1. The Hall–Kier alpha value is -1.41. The molecule has 1 aliphatic rings. The van der Waals surface area contributed by atoms with Gasteiger partial charge in [0.15, 0.2) is 0 Å². The van der Waals surface area contributed by atoms with Crippen molar-refractivity contribution in [2.24, 2.45) is 4.99 Å². The lowest BCUT2D eigenvalue weighted by molar-refractivity contribution is 0.214. The minimum Gasteiger partial charge on any atom is -0.280 e. The van der Waals surface area contributed by atoms with Crippen molar-refractivity contribution in [1.82, 2.24) is 15.2 Å². The third kappa shape index (κ3) is 3.54. The van der Waals surface area contributed by atoms with Crippen molar-refractivity contribution in [2.75, 3.05) is 12.9 Å². The molecule has 0 unspecified atom stereocenters. The molecule has 2 amide bonds. The van der Waals surface area contributed by atoms with Crippen LogP contribution in [0, 0.1) is 0 Å². The largest absolute Gasteiger partial charge is 0.338 e. The van der Waals surface area contributed by atoms with Crippen LogP contribution in [0.2, 0.25) is 0 Å². The van der Waals surface area contributed by atoms with E-state index in [4.69, 9.17) is 0 Å². The minimum absolute atomic E-state index is 0.174. The van der Waals surface area contributed by atoms with Crippen molar-refractivity contribution in [1.29, 1.82) is 0 Å². The number of nitrogens with one attached hydrogen (secondary N) is 2. The summed E-state index contributed by atoms with van der Waals surface area (Å²) >= 11 is 0. The van der Waals surface area contributed by atoms with Crippen LogP contribution in [0.3, 0.4) is 0 Å². The van der Waals surface area contributed by atoms with Crippen molar-refractivity contribution in [2.45, 2.75) is 0 Å². The second-order valence-corrected chi connectivity index (χ2v) is 4.34. The van der Waals surface area contributed by atoms with Gasteiger partial charge in [-0.1, -0.05) is 0 Å². The summed E-state index contributed by atoms with van der Waals surface area (Å²) in [6, 6.07) is -0.580. The third-order valence-electron chi connectivity index (χ3n) is 1.30. The lowest BCUT2D eigenvalue weighted by atomic mass is 10.5. The summed E-state index contributed by atoms with van der Waals surface area (Å²) in [4.78, 5) is 18.1. The van der Waals surface area contributed by atoms with Gasteiger partial charge in [-0.15, -0.1) is 4.83 Å². The molecule has 14 heavy (non-hydrogen) atoms. The monoisotopic (exact) mass is 218 g/mol. The van der Waals surface area contributed by atoms with E-state index in [-0.39, 0.29) is 6.67 Å². The average Bonchev–Trinajstić information content (AvgIpc) is 2.14. The molecule has 0 aromatic carbocycles. The Morgan fingerprint density at radius 3 is 2.79 bits per heavy atom. The highest BCUT2D eigenvalue weighted by molar-refractivity contribution is 7.88. The predicted molar refractivity (Wildman–Crippen MR) is 50.8 cm³/mol. The van der Waals surface area contributed by atoms with Gasteiger partial charge in [0.2, 0.25) is 10.0 Å². The van der Waals surface area contributed by atoms with Gasteiger partial charge in [-0.3, -0.25) is 15.3 Å². The minimum atomic E-state index is -3.43. The first-order chi connectivity index (χ1) is 6.49. The molecule has 1 aliphatic heterocycles. The molecule has 0 saturated heterocycles. The number of carbonyl (C=O) groups excluding carboxylic acids is 1. The second-order valence-electron chi connectivity index (χ2n) is 2.59. The SMILES string of the molecule is CS(=O)(=O)NNC(=O)N1C=CC=NC1. The highest BCUT2D eigenvalue weighted by Crippen LogP contribution is 1.94. The Morgan fingerprint density at radius 1 is 1.57 bits per heavy atom. The number of amides is 2. The molecule has 0 saturated carbocycles. The fraction of sp³-hybridized carbons (Fsp3) is 0.333. The highest BCUT2D eigenvalue weighted by Gasteiger charge is 2.11. The molecule has 0 aromatic rings. The van der Waals surface area contributed by atoms with Crippen LogP contribution < -0.4 is 10.3 Å². The van der Waals surface area contributed by atoms with Gasteiger partial charge in [-0.05, 0) is 6.08 Å². The number of hydrazine groups is 1. The number of rotatable bonds is 2. The highest BCUT2D eigenvalue weighted by atomic mass is 32.2. The van der Waals surface area contributed by atoms with Crippen LogP contribution in [-0.2, 0) is 10.0 Å². The molecule has 0 atom stereocenters. The van der Waals surface area contributed by atoms with Gasteiger partial charge in [0, 0.05) is 12.4 Å². The molecule has 0 aliphatic carbocycles. The first kappa shape index (κ1) is 10.7. The Bertz CT molecular complexity index is 373. The maximum absolute atomic E-state index is 11.2. The molecule has 78 valence electrons. The van der Waals surface area contributed by atoms with Gasteiger partial charge in [-0.25, -0.2) is 13.2 Å². The van der Waals surface area contributed by atoms with E-state index in [0.29, 0.717) is 0 Å². The lowest BCUT2D eigenvalue weighted by Gasteiger charge is -2.17. The smallest absolute Gasteiger partial charge is 0.280 e. The lowest BCUT2D eigenvalue weighted by Crippen LogP contribution is -2.47. The molecular formula is C6H10N4O3S. The van der Waals surface area contributed by atoms with Crippen LogP contribution in [0.25, 0.3) is 0 Å². The third-order valence-corrected chi connectivity index (χ3v) is 1.77. The number of hydrogen-bond donors (Lipinski definition) is 2. The van der Waals surface area contributed by atoms with Crippen molar-refractivity contribution in [3.8, 4) is 0 Å². The fourth-order valence-electron chi connectivity index (χ4n) is 0.726. The van der Waals surface area contributed by atoms with Crippen LogP contribution in [0.1, 0.15) is 0 Å². The maximum Gasteiger partial charge on any atom is 0.338 e. The first-order valence-corrected chi connectivity index (χ1v) is 5.58. The molecule has 2 N–H and O–H groups in total. The van der Waals surface area contributed by atoms with Gasteiger partial charge in [0.05, 0.1) is 6.26 Å². The van der Waals surface area contributed by atoms with Crippen LogP contribution in [0.15, 0.2) is 17.3 Å². The summed E-state index contributed by atoms with van der Waals surface area (Å²) in [5.74, 6) is 0. The Morgan fingerprint density at radius 2 is 2.29 bits per heavy atom. The van der Waals surface area contributed by atoms with Crippen LogP contribution in [-0.4, -0.2) is 38.5 Å². The second kappa shape index (κ2) is 4.20. The zero-order chi connectivity index (χ0) is 10.6. The van der Waals surface area contributed by atoms with E-state index in [1.54, 1.807) is 12.3 Å². The van der Waals surface area contributed by atoms with Crippen LogP contribution in [0.5, 0.6) is 0 Å². The molecule has 0 spiro atoms. The summed E-state index contributed by atoms with van der Waals surface area (Å²) < 4.78 is 21.3. The molecule has 0 aromatic heterocycles. The molecule has 8 heteroatoms. The fourth-order valence-corrected chi connectivity index (χ4v) is 0.998. The summed E-state index contributed by atoms with van der Waals surface area (Å²) in [6.07, 6.45) is 5.56. The number of allylic oxidation sites excluding steroid dienone is 1. The van der Waals surface area contributed by atoms with Crippen molar-refractivity contribution < 1.29 is 13.2 Å². The Labute approximate surface area is 81.5 Å². The van der Waals surface area contributed by atoms with E-state index in [9.17, 15) is 13.2 Å². The van der Waals surface area contributed by atoms with Gasteiger partial charge >= 0.3 is 6.03 Å². The maximum atomic E-state index is 11.2. The first-order valence-electron chi connectivity index (χ1n) is 3.69. The number of aliphatic imine (C=N–C) groups is 1. The summed E-state index contributed by atoms with van der Waals surface area (Å²) in [7, 11) is -3.43. The molecule has 0 bridgehead atoms. The number of sulfonamides is 1. The van der Waals surface area contributed by atoms with E-state index < -0.39 is 16.1 Å². The van der Waals surface area contributed by atoms with Crippen LogP contribution >= 0.6 is 0 Å². The van der Waals surface area contributed by atoms with Gasteiger partial charge < -0.3 is 0 Å². The Kier molecular flexibility index (Phi) is 3.20. The molecular weight excluding hydrogens is 208 g/mol. The van der Waals surface area contributed by atoms with Gasteiger partial charge in [-0.2, -0.15) is 0 Å². The zero-order valence-corrected chi connectivity index (χ0v) is 8.28. The van der Waals surface area contributed by atoms with Crippen molar-refractivity contribution in [3.63, 3.8) is 0 Å². The molecule has 7 nitrogen and oxygen atoms in total. The van der Waals surface area contributed by atoms with E-state index in [1.165, 1.54) is 11.1 Å². The van der Waals surface area contributed by atoms with E-state index in [2.05, 4.69) is 4.99 Å². The summed E-state index contributed by atoms with van der Waals surface area (Å²) in [5, 5.41) is 0. The molecule has 1 rings (SSSR count). The standard InChI is InChI=1S/C6H10N4O3S/c1-14(12,13)9-8-6(11)10-4-2-3-7-5-10/h2-4,9H,5H2,1H3,(H,8,11). The number of carbonyl (C=O) groups is 1. The van der Waals surface area contributed by atoms with Gasteiger partial charge in [0.25, 0.3) is 0 Å². The molecule has 1 heterocycles. The summed E-state index contributed by atoms with van der Waals surface area (Å²) in [6.45, 7) is 0.174. The predicted octanol–water partition coefficient (Wildman–Crippen LogP) is -0.982. The number of hydrogen-bond acceptors (Lipinski definition) is 4. The van der Waals surface area contributed by atoms with E-state index in [0.717, 1.165) is 6.26 Å². The average molecular weight is 218 g/mol. The topological polar surface area (TPSA) is 90.9 Å². The Balaban J connectivity index is 2.43. The van der Waals surface area contributed by atoms with E-state index in [1.807, 2.05) is 10.3 Å².